The molecule has 1 aliphatic rings. The Kier molecular flexibility index (Phi) is 5.58. The van der Waals surface area contributed by atoms with Crippen LogP contribution in [-0.2, 0) is 4.79 Å². The summed E-state index contributed by atoms with van der Waals surface area (Å²) in [5.41, 5.74) is 5.72. The van der Waals surface area contributed by atoms with Crippen molar-refractivity contribution in [2.45, 2.75) is 18.9 Å². The van der Waals surface area contributed by atoms with Gasteiger partial charge < -0.3 is 16.4 Å². The van der Waals surface area contributed by atoms with Gasteiger partial charge in [0.15, 0.2) is 0 Å². The zero-order chi connectivity index (χ0) is 12.4. The van der Waals surface area contributed by atoms with Crippen LogP contribution in [0.5, 0.6) is 0 Å². The van der Waals surface area contributed by atoms with Crippen molar-refractivity contribution in [2.24, 2.45) is 5.73 Å². The van der Waals surface area contributed by atoms with Gasteiger partial charge in [-0.25, -0.2) is 0 Å². The first kappa shape index (κ1) is 15.4. The summed E-state index contributed by atoms with van der Waals surface area (Å²) in [4.78, 5) is 23.4. The molecule has 2 amide bonds. The lowest BCUT2D eigenvalue weighted by Crippen LogP contribution is -2.35. The van der Waals surface area contributed by atoms with Gasteiger partial charge in [-0.15, -0.1) is 23.7 Å². The largest absolute Gasteiger partial charge is 0.365 e. The lowest BCUT2D eigenvalue weighted by Gasteiger charge is -2.10. The number of anilines is 1. The lowest BCUT2D eigenvalue weighted by atomic mass is 10.2. The minimum absolute atomic E-state index is 0. The summed E-state index contributed by atoms with van der Waals surface area (Å²) in [5, 5.41) is 5.83. The smallest absolute Gasteiger partial charge is 0.260 e. The maximum absolute atomic E-state index is 11.9. The molecule has 8 heteroatoms. The molecule has 2 heterocycles. The van der Waals surface area contributed by atoms with Crippen molar-refractivity contribution in [1.29, 1.82) is 0 Å². The van der Waals surface area contributed by atoms with Crippen LogP contribution in [0.1, 0.15) is 22.5 Å². The standard InChI is InChI=1S/C10H12BrN3O2S.ClH/c11-7-4-6(8(17-7)9(12)15)14-10(16)5-2-1-3-13-5;/h4-5,13H,1-3H2,(H2,12,15)(H,14,16);1H/t5-;/m0./s1. The SMILES string of the molecule is Cl.NC(=O)c1sc(Br)cc1NC(=O)[C@@H]1CCCN1. The maximum Gasteiger partial charge on any atom is 0.260 e. The molecule has 0 unspecified atom stereocenters. The normalized spacial score (nSPS) is 18.2. The molecule has 18 heavy (non-hydrogen) atoms. The van der Waals surface area contributed by atoms with Gasteiger partial charge in [-0.1, -0.05) is 0 Å². The highest BCUT2D eigenvalue weighted by atomic mass is 79.9. The molecule has 0 aliphatic carbocycles. The lowest BCUT2D eigenvalue weighted by molar-refractivity contribution is -0.117. The van der Waals surface area contributed by atoms with E-state index in [0.717, 1.165) is 23.2 Å². The van der Waals surface area contributed by atoms with Crippen molar-refractivity contribution >= 4 is 57.2 Å². The number of rotatable bonds is 3. The highest BCUT2D eigenvalue weighted by molar-refractivity contribution is 9.11. The molecule has 1 saturated heterocycles. The first-order valence-corrected chi connectivity index (χ1v) is 6.82. The van der Waals surface area contributed by atoms with E-state index in [4.69, 9.17) is 5.73 Å². The van der Waals surface area contributed by atoms with E-state index in [1.54, 1.807) is 6.07 Å². The van der Waals surface area contributed by atoms with Gasteiger partial charge in [0, 0.05) is 0 Å². The summed E-state index contributed by atoms with van der Waals surface area (Å²) in [7, 11) is 0. The van der Waals surface area contributed by atoms with Gasteiger partial charge in [0.05, 0.1) is 15.5 Å². The van der Waals surface area contributed by atoms with Crippen LogP contribution < -0.4 is 16.4 Å². The Bertz CT molecular complexity index is 460. The third kappa shape index (κ3) is 3.44. The zero-order valence-corrected chi connectivity index (χ0v) is 12.6. The summed E-state index contributed by atoms with van der Waals surface area (Å²) in [5.74, 6) is -0.648. The van der Waals surface area contributed by atoms with Crippen molar-refractivity contribution in [3.05, 3.63) is 14.7 Å². The van der Waals surface area contributed by atoms with E-state index in [-0.39, 0.29) is 24.4 Å². The van der Waals surface area contributed by atoms with Crippen LogP contribution in [0.3, 0.4) is 0 Å². The number of thiophene rings is 1. The molecule has 1 aromatic rings. The third-order valence-electron chi connectivity index (χ3n) is 2.56. The molecule has 1 atom stereocenters. The van der Waals surface area contributed by atoms with Gasteiger partial charge >= 0.3 is 0 Å². The summed E-state index contributed by atoms with van der Waals surface area (Å²) in [6.07, 6.45) is 1.82. The Morgan fingerprint density at radius 3 is 2.83 bits per heavy atom. The molecular weight excluding hydrogens is 342 g/mol. The number of hydrogen-bond donors (Lipinski definition) is 3. The molecule has 1 aliphatic heterocycles. The van der Waals surface area contributed by atoms with E-state index in [1.165, 1.54) is 11.3 Å². The fraction of sp³-hybridized carbons (Fsp3) is 0.400. The molecule has 5 nitrogen and oxygen atoms in total. The Balaban J connectivity index is 0.00000162. The van der Waals surface area contributed by atoms with Crippen molar-refractivity contribution < 1.29 is 9.59 Å². The van der Waals surface area contributed by atoms with Crippen LogP contribution >= 0.6 is 39.7 Å². The Labute approximate surface area is 123 Å². The van der Waals surface area contributed by atoms with Gasteiger partial charge in [0.25, 0.3) is 5.91 Å². The van der Waals surface area contributed by atoms with E-state index in [2.05, 4.69) is 26.6 Å². The highest BCUT2D eigenvalue weighted by Crippen LogP contribution is 2.31. The predicted molar refractivity (Wildman–Crippen MR) is 77.4 cm³/mol. The minimum atomic E-state index is -0.532. The molecule has 0 saturated carbocycles. The van der Waals surface area contributed by atoms with Crippen molar-refractivity contribution in [1.82, 2.24) is 5.32 Å². The van der Waals surface area contributed by atoms with E-state index < -0.39 is 5.91 Å². The van der Waals surface area contributed by atoms with Gasteiger partial charge in [-0.3, -0.25) is 9.59 Å². The molecule has 1 aromatic heterocycles. The van der Waals surface area contributed by atoms with Crippen LogP contribution in [0, 0.1) is 0 Å². The second-order valence-electron chi connectivity index (χ2n) is 3.80. The number of halogens is 2. The van der Waals surface area contributed by atoms with E-state index in [9.17, 15) is 9.59 Å². The first-order valence-electron chi connectivity index (χ1n) is 5.21. The van der Waals surface area contributed by atoms with E-state index in [1.807, 2.05) is 0 Å². The minimum Gasteiger partial charge on any atom is -0.365 e. The monoisotopic (exact) mass is 353 g/mol. The third-order valence-corrected chi connectivity index (χ3v) is 4.21. The highest BCUT2D eigenvalue weighted by Gasteiger charge is 2.24. The molecular formula is C10H13BrClN3O2S. The molecule has 1 fully saturated rings. The Morgan fingerprint density at radius 1 is 1.56 bits per heavy atom. The van der Waals surface area contributed by atoms with Crippen LogP contribution in [0.4, 0.5) is 5.69 Å². The Hall–Kier alpha value is -0.630. The average Bonchev–Trinajstić information content (AvgIpc) is 2.86. The summed E-state index contributed by atoms with van der Waals surface area (Å²) in [6, 6.07) is 1.52. The van der Waals surface area contributed by atoms with Gasteiger partial charge in [0.2, 0.25) is 5.91 Å². The van der Waals surface area contributed by atoms with E-state index >= 15 is 0 Å². The van der Waals surface area contributed by atoms with Crippen LogP contribution in [0.2, 0.25) is 0 Å². The maximum atomic E-state index is 11.9. The van der Waals surface area contributed by atoms with Crippen molar-refractivity contribution in [3.8, 4) is 0 Å². The second-order valence-corrected chi connectivity index (χ2v) is 6.23. The molecule has 0 aromatic carbocycles. The van der Waals surface area contributed by atoms with Gasteiger partial charge in [-0.05, 0) is 41.4 Å². The second kappa shape index (κ2) is 6.51. The number of amides is 2. The number of hydrogen-bond acceptors (Lipinski definition) is 4. The fourth-order valence-corrected chi connectivity index (χ4v) is 3.17. The molecule has 0 radical (unpaired) electrons. The average molecular weight is 355 g/mol. The molecule has 0 bridgehead atoms. The van der Waals surface area contributed by atoms with Crippen molar-refractivity contribution in [2.75, 3.05) is 11.9 Å². The quantitative estimate of drug-likeness (QED) is 0.773. The number of primary amides is 1. The summed E-state index contributed by atoms with van der Waals surface area (Å²) in [6.45, 7) is 0.855. The summed E-state index contributed by atoms with van der Waals surface area (Å²) < 4.78 is 0.765. The van der Waals surface area contributed by atoms with Crippen LogP contribution in [0.25, 0.3) is 0 Å². The van der Waals surface area contributed by atoms with E-state index in [0.29, 0.717) is 10.6 Å². The topological polar surface area (TPSA) is 84.2 Å². The summed E-state index contributed by atoms with van der Waals surface area (Å²) >= 11 is 4.48. The van der Waals surface area contributed by atoms with Crippen LogP contribution in [-0.4, -0.2) is 24.4 Å². The molecule has 100 valence electrons. The number of nitrogens with one attached hydrogen (secondary N) is 2. The van der Waals surface area contributed by atoms with Gasteiger partial charge in [-0.2, -0.15) is 0 Å². The van der Waals surface area contributed by atoms with Gasteiger partial charge in [0.1, 0.15) is 4.88 Å². The number of carbonyl (C=O) groups excluding carboxylic acids is 2. The molecule has 2 rings (SSSR count). The van der Waals surface area contributed by atoms with Crippen molar-refractivity contribution in [3.63, 3.8) is 0 Å². The molecule has 0 spiro atoms. The fourth-order valence-electron chi connectivity index (χ4n) is 1.77. The number of nitrogens with two attached hydrogens (primary N) is 1. The first-order chi connectivity index (χ1) is 8.08. The predicted octanol–water partition coefficient (Wildman–Crippen LogP) is 1.72. The number of carbonyl (C=O) groups is 2. The van der Waals surface area contributed by atoms with Crippen LogP contribution in [0.15, 0.2) is 9.85 Å². The Morgan fingerprint density at radius 2 is 2.28 bits per heavy atom. The molecule has 4 N–H and O–H groups in total. The zero-order valence-electron chi connectivity index (χ0n) is 9.36.